The van der Waals surface area contributed by atoms with E-state index in [2.05, 4.69) is 31.2 Å². The summed E-state index contributed by atoms with van der Waals surface area (Å²) >= 11 is 0. The Hall–Kier alpha value is -3.74. The second-order valence-electron chi connectivity index (χ2n) is 8.62. The van der Waals surface area contributed by atoms with Crippen LogP contribution in [0.3, 0.4) is 0 Å². The second-order valence-corrected chi connectivity index (χ2v) is 8.62. The quantitative estimate of drug-likeness (QED) is 0.467. The van der Waals surface area contributed by atoms with Crippen LogP contribution in [0, 0.1) is 23.1 Å². The van der Waals surface area contributed by atoms with Gasteiger partial charge in [-0.25, -0.2) is 14.4 Å². The van der Waals surface area contributed by atoms with Crippen molar-refractivity contribution in [3.05, 3.63) is 41.5 Å². The third-order valence-electron chi connectivity index (χ3n) is 5.59. The number of hydrogen-bond donors (Lipinski definition) is 4. The largest absolute Gasteiger partial charge is 0.382 e. The average Bonchev–Trinajstić information content (AvgIpc) is 2.80. The molecule has 4 N–H and O–H groups in total. The van der Waals surface area contributed by atoms with Gasteiger partial charge in [0.15, 0.2) is 11.6 Å². The maximum Gasteiger partial charge on any atom is 0.255 e. The van der Waals surface area contributed by atoms with Crippen molar-refractivity contribution in [3.63, 3.8) is 0 Å². The van der Waals surface area contributed by atoms with E-state index in [4.69, 9.17) is 5.26 Å². The van der Waals surface area contributed by atoms with Crippen LogP contribution in [0.2, 0.25) is 0 Å². The van der Waals surface area contributed by atoms with Crippen molar-refractivity contribution in [1.29, 1.82) is 5.26 Å². The third kappa shape index (κ3) is 6.41. The van der Waals surface area contributed by atoms with E-state index in [0.717, 1.165) is 31.7 Å². The van der Waals surface area contributed by atoms with E-state index < -0.39 is 5.82 Å². The standard InChI is InChI=1S/C24H30FN7O2/c1-4-27-23(33)16-5-7-17(8-6-16)31-24(34)18-13-28-21(10-20(18)30-14(2)3)32-22-19(25)9-15(11-26)12-29-22/h9-10,12-14,16-17H,4-8H2,1-3H3,(H,27,33)(H,31,34)(H2,28,29,30,32). The van der Waals surface area contributed by atoms with E-state index in [-0.39, 0.29) is 41.2 Å². The van der Waals surface area contributed by atoms with Crippen LogP contribution in [0.15, 0.2) is 24.5 Å². The number of anilines is 3. The number of nitrogens with one attached hydrogen (secondary N) is 4. The molecule has 0 saturated heterocycles. The Morgan fingerprint density at radius 2 is 1.91 bits per heavy atom. The Morgan fingerprint density at radius 1 is 1.18 bits per heavy atom. The SMILES string of the molecule is CCNC(=O)C1CCC(NC(=O)c2cnc(Nc3ncc(C#N)cc3F)cc2NC(C)C)CC1. The number of nitrogens with zero attached hydrogens (tertiary/aromatic N) is 3. The highest BCUT2D eigenvalue weighted by Crippen LogP contribution is 2.26. The van der Waals surface area contributed by atoms with Crippen molar-refractivity contribution in [3.8, 4) is 6.07 Å². The summed E-state index contributed by atoms with van der Waals surface area (Å²) in [6, 6.07) is 4.58. The molecule has 10 heteroatoms. The molecule has 9 nitrogen and oxygen atoms in total. The van der Waals surface area contributed by atoms with Gasteiger partial charge in [-0.1, -0.05) is 0 Å². The molecule has 1 aliphatic carbocycles. The smallest absolute Gasteiger partial charge is 0.255 e. The molecule has 0 atom stereocenters. The van der Waals surface area contributed by atoms with Crippen molar-refractivity contribution in [2.75, 3.05) is 17.2 Å². The first kappa shape index (κ1) is 24.9. The number of carbonyl (C=O) groups excluding carboxylic acids is 2. The number of pyridine rings is 2. The van der Waals surface area contributed by atoms with Gasteiger partial charge >= 0.3 is 0 Å². The molecule has 0 spiro atoms. The zero-order valence-electron chi connectivity index (χ0n) is 19.6. The molecule has 0 aliphatic heterocycles. The van der Waals surface area contributed by atoms with Crippen LogP contribution in [0.5, 0.6) is 0 Å². The van der Waals surface area contributed by atoms with Gasteiger partial charge in [0.05, 0.1) is 16.8 Å². The number of nitriles is 1. The number of amides is 2. The molecule has 180 valence electrons. The van der Waals surface area contributed by atoms with Gasteiger partial charge in [-0.2, -0.15) is 5.26 Å². The molecular formula is C24H30FN7O2. The van der Waals surface area contributed by atoms with Crippen LogP contribution in [0.4, 0.5) is 21.7 Å². The summed E-state index contributed by atoms with van der Waals surface area (Å²) in [6.07, 6.45) is 5.63. The fourth-order valence-corrected chi connectivity index (χ4v) is 3.93. The molecule has 1 saturated carbocycles. The first-order valence-corrected chi connectivity index (χ1v) is 11.5. The minimum absolute atomic E-state index is 0.00507. The van der Waals surface area contributed by atoms with Gasteiger partial charge in [-0.15, -0.1) is 0 Å². The highest BCUT2D eigenvalue weighted by Gasteiger charge is 2.27. The molecule has 34 heavy (non-hydrogen) atoms. The van der Waals surface area contributed by atoms with Gasteiger partial charge in [0.1, 0.15) is 11.9 Å². The number of rotatable bonds is 8. The van der Waals surface area contributed by atoms with Gasteiger partial charge in [0.2, 0.25) is 5.91 Å². The summed E-state index contributed by atoms with van der Waals surface area (Å²) in [5.41, 5.74) is 1.04. The zero-order chi connectivity index (χ0) is 24.7. The maximum atomic E-state index is 14.2. The fourth-order valence-electron chi connectivity index (χ4n) is 3.93. The summed E-state index contributed by atoms with van der Waals surface area (Å²) < 4.78 is 14.2. The van der Waals surface area contributed by atoms with Crippen molar-refractivity contribution >= 4 is 29.1 Å². The first-order chi connectivity index (χ1) is 16.3. The Kier molecular flexibility index (Phi) is 8.35. The first-order valence-electron chi connectivity index (χ1n) is 11.5. The summed E-state index contributed by atoms with van der Waals surface area (Å²) in [4.78, 5) is 33.3. The number of halogens is 1. The van der Waals surface area contributed by atoms with Crippen molar-refractivity contribution in [2.45, 2.75) is 58.5 Å². The normalized spacial score (nSPS) is 17.5. The lowest BCUT2D eigenvalue weighted by atomic mass is 9.85. The van der Waals surface area contributed by atoms with Crippen LogP contribution in [0.25, 0.3) is 0 Å². The molecule has 3 rings (SSSR count). The van der Waals surface area contributed by atoms with Crippen molar-refractivity contribution in [2.24, 2.45) is 5.92 Å². The van der Waals surface area contributed by atoms with Gasteiger partial charge in [0, 0.05) is 43.0 Å². The molecular weight excluding hydrogens is 437 g/mol. The van der Waals surface area contributed by atoms with E-state index in [0.29, 0.717) is 23.6 Å². The molecule has 2 heterocycles. The second kappa shape index (κ2) is 11.4. The molecule has 2 amide bonds. The van der Waals surface area contributed by atoms with E-state index in [1.54, 1.807) is 6.07 Å². The lowest BCUT2D eigenvalue weighted by Crippen LogP contribution is -2.41. The van der Waals surface area contributed by atoms with E-state index in [1.165, 1.54) is 12.4 Å². The summed E-state index contributed by atoms with van der Waals surface area (Å²) in [5.74, 6) is -0.623. The monoisotopic (exact) mass is 467 g/mol. The highest BCUT2D eigenvalue weighted by molar-refractivity contribution is 6.00. The van der Waals surface area contributed by atoms with E-state index >= 15 is 0 Å². The summed E-state index contributed by atoms with van der Waals surface area (Å²) in [7, 11) is 0. The number of aromatic nitrogens is 2. The highest BCUT2D eigenvalue weighted by atomic mass is 19.1. The summed E-state index contributed by atoms with van der Waals surface area (Å²) in [5, 5.41) is 20.8. The fraction of sp³-hybridized carbons (Fsp3) is 0.458. The molecule has 1 fully saturated rings. The molecule has 2 aromatic heterocycles. The maximum absolute atomic E-state index is 14.2. The van der Waals surface area contributed by atoms with Gasteiger partial charge in [-0.3, -0.25) is 9.59 Å². The topological polar surface area (TPSA) is 132 Å². The average molecular weight is 468 g/mol. The predicted molar refractivity (Wildman–Crippen MR) is 127 cm³/mol. The van der Waals surface area contributed by atoms with Crippen LogP contribution < -0.4 is 21.3 Å². The predicted octanol–water partition coefficient (Wildman–Crippen LogP) is 3.48. The molecule has 1 aliphatic rings. The minimum Gasteiger partial charge on any atom is -0.382 e. The zero-order valence-corrected chi connectivity index (χ0v) is 19.6. The number of hydrogen-bond acceptors (Lipinski definition) is 7. The van der Waals surface area contributed by atoms with Crippen LogP contribution in [-0.4, -0.2) is 40.4 Å². The van der Waals surface area contributed by atoms with E-state index in [1.807, 2.05) is 26.8 Å². The molecule has 0 unspecified atom stereocenters. The van der Waals surface area contributed by atoms with Gasteiger partial charge in [0.25, 0.3) is 5.91 Å². The van der Waals surface area contributed by atoms with Gasteiger partial charge in [-0.05, 0) is 52.5 Å². The summed E-state index contributed by atoms with van der Waals surface area (Å²) in [6.45, 7) is 6.41. The molecule has 0 aromatic carbocycles. The van der Waals surface area contributed by atoms with Crippen LogP contribution in [-0.2, 0) is 4.79 Å². The third-order valence-corrected chi connectivity index (χ3v) is 5.59. The van der Waals surface area contributed by atoms with Crippen molar-refractivity contribution < 1.29 is 14.0 Å². The number of carbonyl (C=O) groups is 2. The lowest BCUT2D eigenvalue weighted by molar-refractivity contribution is -0.125. The van der Waals surface area contributed by atoms with Crippen LogP contribution >= 0.6 is 0 Å². The van der Waals surface area contributed by atoms with E-state index in [9.17, 15) is 14.0 Å². The molecule has 0 radical (unpaired) electrons. The van der Waals surface area contributed by atoms with Crippen molar-refractivity contribution in [1.82, 2.24) is 20.6 Å². The van der Waals surface area contributed by atoms with Gasteiger partial charge < -0.3 is 21.3 Å². The lowest BCUT2D eigenvalue weighted by Gasteiger charge is -2.28. The molecule has 2 aromatic rings. The Bertz CT molecular complexity index is 1080. The molecule has 0 bridgehead atoms. The van der Waals surface area contributed by atoms with Crippen LogP contribution in [0.1, 0.15) is 62.4 Å². The Morgan fingerprint density at radius 3 is 2.53 bits per heavy atom. The Labute approximate surface area is 198 Å². The minimum atomic E-state index is -0.677. The Balaban J connectivity index is 1.70.